The van der Waals surface area contributed by atoms with Crippen LogP contribution in [0.5, 0.6) is 0 Å². The van der Waals surface area contributed by atoms with E-state index >= 15 is 0 Å². The normalized spacial score (nSPS) is 13.7. The minimum absolute atomic E-state index is 0.0920. The van der Waals surface area contributed by atoms with E-state index < -0.39 is 0 Å². The van der Waals surface area contributed by atoms with Crippen LogP contribution in [0.3, 0.4) is 0 Å². The number of furan rings is 1. The zero-order valence-corrected chi connectivity index (χ0v) is 23.0. The lowest BCUT2D eigenvalue weighted by Gasteiger charge is -2.20. The van der Waals surface area contributed by atoms with E-state index in [9.17, 15) is 4.11 Å². The molecule has 8 aromatic carbocycles. The van der Waals surface area contributed by atoms with Crippen LogP contribution in [-0.2, 0) is 0 Å². The van der Waals surface area contributed by atoms with Crippen LogP contribution in [0.25, 0.3) is 87.6 Å². The fourth-order valence-electron chi connectivity index (χ4n) is 6.62. The molecule has 0 atom stereocenters. The molecule has 1 aromatic heterocycles. The van der Waals surface area contributed by atoms with Crippen LogP contribution in [0, 0.1) is 0 Å². The van der Waals surface area contributed by atoms with Crippen LogP contribution in [0.4, 0.5) is 0 Å². The van der Waals surface area contributed by atoms with Gasteiger partial charge < -0.3 is 4.42 Å². The van der Waals surface area contributed by atoms with E-state index in [-0.39, 0.29) is 47.0 Å². The number of benzene rings is 8. The molecule has 0 radical (unpaired) electrons. The maximum Gasteiger partial charge on any atom is 0.136 e. The monoisotopic (exact) mass is 552 g/mol. The van der Waals surface area contributed by atoms with Crippen molar-refractivity contribution in [3.63, 3.8) is 0 Å². The predicted molar refractivity (Wildman–Crippen MR) is 183 cm³/mol. The van der Waals surface area contributed by atoms with Gasteiger partial charge >= 0.3 is 0 Å². The quantitative estimate of drug-likeness (QED) is 0.199. The van der Waals surface area contributed by atoms with Crippen molar-refractivity contribution in [3.8, 4) is 33.4 Å². The summed E-state index contributed by atoms with van der Waals surface area (Å²) < 4.78 is 60.9. The Morgan fingerprint density at radius 3 is 1.56 bits per heavy atom. The molecule has 0 spiro atoms. The molecule has 1 heterocycles. The highest BCUT2D eigenvalue weighted by atomic mass is 16.3. The average molecular weight is 553 g/mol. The third-order valence-electron chi connectivity index (χ3n) is 8.42. The van der Waals surface area contributed by atoms with Crippen LogP contribution in [0.2, 0.25) is 0 Å². The molecule has 0 aliphatic heterocycles. The molecule has 0 bridgehead atoms. The average Bonchev–Trinajstić information content (AvgIpc) is 3.53. The van der Waals surface area contributed by atoms with Gasteiger partial charge in [0.2, 0.25) is 0 Å². The van der Waals surface area contributed by atoms with E-state index in [4.69, 9.17) is 8.53 Å². The van der Waals surface area contributed by atoms with Crippen LogP contribution in [0.1, 0.15) is 8.22 Å². The van der Waals surface area contributed by atoms with Gasteiger partial charge in [-0.15, -0.1) is 0 Å². The van der Waals surface area contributed by atoms with Gasteiger partial charge in [0.05, 0.1) is 8.22 Å². The molecular formula is C42H26O. The van der Waals surface area contributed by atoms with Gasteiger partial charge in [-0.05, 0) is 77.8 Å². The molecule has 0 saturated carbocycles. The first kappa shape index (κ1) is 18.7. The second kappa shape index (κ2) is 9.44. The van der Waals surface area contributed by atoms with Crippen molar-refractivity contribution in [2.45, 2.75) is 0 Å². The van der Waals surface area contributed by atoms with E-state index in [0.717, 1.165) is 54.6 Å². The zero-order valence-electron chi connectivity index (χ0n) is 29.0. The van der Waals surface area contributed by atoms with Crippen molar-refractivity contribution >= 4 is 54.3 Å². The first-order chi connectivity index (χ1) is 23.9. The van der Waals surface area contributed by atoms with Crippen LogP contribution in [-0.4, -0.2) is 0 Å². The number of fused-ring (bicyclic) bond motifs is 6. The Morgan fingerprint density at radius 1 is 0.372 bits per heavy atom. The summed E-state index contributed by atoms with van der Waals surface area (Å²) in [6.07, 6.45) is 0. The second-order valence-corrected chi connectivity index (χ2v) is 10.7. The lowest BCUT2D eigenvalue weighted by molar-refractivity contribution is 0.669. The molecule has 9 aromatic rings. The Balaban J connectivity index is 1.51. The number of para-hydroxylation sites is 1. The van der Waals surface area contributed by atoms with E-state index in [1.54, 1.807) is 0 Å². The molecule has 0 unspecified atom stereocenters. The summed E-state index contributed by atoms with van der Waals surface area (Å²) in [7, 11) is 0. The molecular weight excluding hydrogens is 520 g/mol. The third kappa shape index (κ3) is 3.58. The lowest BCUT2D eigenvalue weighted by atomic mass is 9.83. The summed E-state index contributed by atoms with van der Waals surface area (Å²) in [5, 5.41) is 5.95. The lowest BCUT2D eigenvalue weighted by Crippen LogP contribution is -1.92. The van der Waals surface area contributed by atoms with Crippen molar-refractivity contribution in [1.29, 1.82) is 0 Å². The minimum Gasteiger partial charge on any atom is -0.456 e. The van der Waals surface area contributed by atoms with Gasteiger partial charge in [-0.2, -0.15) is 0 Å². The largest absolute Gasteiger partial charge is 0.456 e. The predicted octanol–water partition coefficient (Wildman–Crippen LogP) is 12.0. The van der Waals surface area contributed by atoms with Gasteiger partial charge in [-0.25, -0.2) is 0 Å². The van der Waals surface area contributed by atoms with E-state index in [2.05, 4.69) is 24.3 Å². The molecule has 0 aliphatic rings. The third-order valence-corrected chi connectivity index (χ3v) is 8.42. The number of hydrogen-bond donors (Lipinski definition) is 0. The summed E-state index contributed by atoms with van der Waals surface area (Å²) in [4.78, 5) is 0. The van der Waals surface area contributed by atoms with E-state index in [0.29, 0.717) is 22.3 Å². The number of hydrogen-bond acceptors (Lipinski definition) is 1. The second-order valence-electron chi connectivity index (χ2n) is 10.7. The molecule has 43 heavy (non-hydrogen) atoms. The van der Waals surface area contributed by atoms with Crippen molar-refractivity contribution < 1.29 is 12.6 Å². The first-order valence-corrected chi connectivity index (χ1v) is 14.3. The van der Waals surface area contributed by atoms with Crippen molar-refractivity contribution in [3.05, 3.63) is 158 Å². The van der Waals surface area contributed by atoms with Crippen LogP contribution >= 0.6 is 0 Å². The molecule has 0 amide bonds. The summed E-state index contributed by atoms with van der Waals surface area (Å²) in [6, 6.07) is 37.8. The topological polar surface area (TPSA) is 13.1 Å². The zero-order chi connectivity index (χ0) is 33.6. The minimum atomic E-state index is -0.376. The highest BCUT2D eigenvalue weighted by molar-refractivity contribution is 6.27. The fraction of sp³-hybridized carbons (Fsp3) is 0. The maximum atomic E-state index is 9.59. The van der Waals surface area contributed by atoms with Crippen LogP contribution in [0.15, 0.2) is 162 Å². The first-order valence-electron chi connectivity index (χ1n) is 17.3. The molecule has 0 aliphatic carbocycles. The molecule has 200 valence electrons. The Kier molecular flexibility index (Phi) is 4.11. The molecule has 9 rings (SSSR count). The fourth-order valence-corrected chi connectivity index (χ4v) is 6.62. The Labute approximate surface area is 257 Å². The Morgan fingerprint density at radius 2 is 0.884 bits per heavy atom. The van der Waals surface area contributed by atoms with Crippen molar-refractivity contribution in [2.24, 2.45) is 0 Å². The standard InChI is InChI=1S/C42H26O/c1-2-13-27(14-3-1)28-25-26-35(30-16-5-4-15-29(28)30)40-31-17-6-8-19-33(31)41(34-20-9-7-18-32(34)40)37-22-12-24-39-42(37)36-21-10-11-23-38(36)43-39/h1-26H/i4D,5D,15D,16D,25D,26D. The van der Waals surface area contributed by atoms with Gasteiger partial charge in [0, 0.05) is 10.8 Å². The highest BCUT2D eigenvalue weighted by Crippen LogP contribution is 2.48. The smallest absolute Gasteiger partial charge is 0.136 e. The van der Waals surface area contributed by atoms with Crippen molar-refractivity contribution in [2.75, 3.05) is 0 Å². The molecule has 0 N–H and O–H groups in total. The molecule has 0 saturated heterocycles. The van der Waals surface area contributed by atoms with Crippen molar-refractivity contribution in [1.82, 2.24) is 0 Å². The molecule has 1 heteroatoms. The summed E-state index contributed by atoms with van der Waals surface area (Å²) in [6.45, 7) is 0. The summed E-state index contributed by atoms with van der Waals surface area (Å²) in [5.74, 6) is 0. The van der Waals surface area contributed by atoms with Gasteiger partial charge in [-0.3, -0.25) is 0 Å². The Bertz CT molecular complexity index is 2780. The van der Waals surface area contributed by atoms with Gasteiger partial charge in [-0.1, -0.05) is 145 Å². The van der Waals surface area contributed by atoms with E-state index in [1.165, 1.54) is 0 Å². The van der Waals surface area contributed by atoms with Gasteiger partial charge in [0.15, 0.2) is 0 Å². The van der Waals surface area contributed by atoms with Crippen LogP contribution < -0.4 is 0 Å². The molecule has 0 fully saturated rings. The van der Waals surface area contributed by atoms with E-state index in [1.807, 2.05) is 97.1 Å². The molecule has 1 nitrogen and oxygen atoms in total. The van der Waals surface area contributed by atoms with Gasteiger partial charge in [0.25, 0.3) is 0 Å². The summed E-state index contributed by atoms with van der Waals surface area (Å²) >= 11 is 0. The number of rotatable bonds is 3. The maximum absolute atomic E-state index is 9.59. The van der Waals surface area contributed by atoms with Gasteiger partial charge in [0.1, 0.15) is 11.2 Å². The SMILES string of the molecule is [2H]c1c([2H])c([2H])c2c(-c3c4ccccc4c(-c4cccc5oc6ccccc6c45)c4ccccc34)c([2H])c([2H])c(-c3ccccc3)c2c1[2H]. The summed E-state index contributed by atoms with van der Waals surface area (Å²) in [5.41, 5.74) is 5.49. The highest BCUT2D eigenvalue weighted by Gasteiger charge is 2.21. The Hall–Kier alpha value is -5.66.